The molecule has 1 aliphatic rings. The summed E-state index contributed by atoms with van der Waals surface area (Å²) in [4.78, 5) is 20.2. The van der Waals surface area contributed by atoms with Gasteiger partial charge in [0.1, 0.15) is 6.61 Å². The largest absolute Gasteiger partial charge is 0.449 e. The van der Waals surface area contributed by atoms with Crippen LogP contribution in [0.25, 0.3) is 17.2 Å². The number of carbonyl (C=O) groups is 1. The molecule has 1 heterocycles. The second-order valence-electron chi connectivity index (χ2n) is 6.79. The van der Waals surface area contributed by atoms with Crippen LogP contribution in [0.4, 0.5) is 4.79 Å². The first kappa shape index (κ1) is 19.2. The molecule has 0 spiro atoms. The highest BCUT2D eigenvalue weighted by molar-refractivity contribution is 6.28. The molecule has 0 fully saturated rings. The van der Waals surface area contributed by atoms with E-state index in [0.717, 1.165) is 11.3 Å². The summed E-state index contributed by atoms with van der Waals surface area (Å²) in [5.74, 6) is 0.0533. The average Bonchev–Trinajstić information content (AvgIpc) is 3.05. The van der Waals surface area contributed by atoms with E-state index >= 15 is 0 Å². The Bertz CT molecular complexity index is 1040. The van der Waals surface area contributed by atoms with Crippen molar-refractivity contribution in [1.29, 1.82) is 0 Å². The molecule has 6 heteroatoms. The first-order chi connectivity index (χ1) is 14.1. The lowest BCUT2D eigenvalue weighted by Crippen LogP contribution is -2.26. The Morgan fingerprint density at radius 1 is 1.14 bits per heavy atom. The highest BCUT2D eigenvalue weighted by atomic mass is 35.5. The number of nitrogens with one attached hydrogen (secondary N) is 1. The van der Waals surface area contributed by atoms with Crippen LogP contribution in [-0.4, -0.2) is 29.2 Å². The molecule has 1 aromatic heterocycles. The Hall–Kier alpha value is -3.18. The van der Waals surface area contributed by atoms with Crippen LogP contribution in [0.5, 0.6) is 0 Å². The molecule has 1 amide bonds. The number of ether oxygens (including phenoxy) is 1. The molecule has 1 aliphatic carbocycles. The molecule has 4 rings (SSSR count). The van der Waals surface area contributed by atoms with E-state index in [9.17, 15) is 4.79 Å². The van der Waals surface area contributed by atoms with Crippen LogP contribution in [0.2, 0.25) is 5.28 Å². The minimum Gasteiger partial charge on any atom is -0.449 e. The minimum absolute atomic E-state index is 0.0533. The maximum Gasteiger partial charge on any atom is 0.407 e. The molecule has 2 aromatic carbocycles. The molecule has 1 N–H and O–H groups in total. The average molecular weight is 406 g/mol. The van der Waals surface area contributed by atoms with Crippen molar-refractivity contribution in [3.63, 3.8) is 0 Å². The SMILES string of the molecule is Cc1nc(Cl)ncc1C=CCNC(=O)OCC1c2ccccc2-c2ccccc21. The molecule has 5 nitrogen and oxygen atoms in total. The van der Waals surface area contributed by atoms with E-state index in [2.05, 4.69) is 39.6 Å². The van der Waals surface area contributed by atoms with E-state index in [1.165, 1.54) is 22.3 Å². The first-order valence-corrected chi connectivity index (χ1v) is 9.76. The third-order valence-electron chi connectivity index (χ3n) is 4.99. The molecular formula is C23H20ClN3O2. The summed E-state index contributed by atoms with van der Waals surface area (Å²) in [6.45, 7) is 2.50. The van der Waals surface area contributed by atoms with Gasteiger partial charge in [-0.15, -0.1) is 0 Å². The summed E-state index contributed by atoms with van der Waals surface area (Å²) in [6, 6.07) is 16.5. The summed E-state index contributed by atoms with van der Waals surface area (Å²) >= 11 is 5.75. The Balaban J connectivity index is 1.34. The smallest absolute Gasteiger partial charge is 0.407 e. The van der Waals surface area contributed by atoms with Gasteiger partial charge < -0.3 is 10.1 Å². The molecule has 0 bridgehead atoms. The zero-order valence-electron chi connectivity index (χ0n) is 15.9. The summed E-state index contributed by atoms with van der Waals surface area (Å²) in [5.41, 5.74) is 6.44. The van der Waals surface area contributed by atoms with Crippen molar-refractivity contribution in [3.8, 4) is 11.1 Å². The van der Waals surface area contributed by atoms with Gasteiger partial charge in [0.15, 0.2) is 0 Å². The number of carbonyl (C=O) groups excluding carboxylic acids is 1. The number of nitrogens with zero attached hydrogens (tertiary/aromatic N) is 2. The van der Waals surface area contributed by atoms with E-state index in [4.69, 9.17) is 16.3 Å². The van der Waals surface area contributed by atoms with Crippen molar-refractivity contribution in [2.24, 2.45) is 0 Å². The van der Waals surface area contributed by atoms with Crippen molar-refractivity contribution in [2.45, 2.75) is 12.8 Å². The predicted molar refractivity (Wildman–Crippen MR) is 114 cm³/mol. The molecule has 3 aromatic rings. The maximum absolute atomic E-state index is 12.1. The molecular weight excluding hydrogens is 386 g/mol. The van der Waals surface area contributed by atoms with Gasteiger partial charge in [-0.05, 0) is 40.8 Å². The Morgan fingerprint density at radius 2 is 1.79 bits per heavy atom. The highest BCUT2D eigenvalue weighted by Crippen LogP contribution is 2.44. The number of aromatic nitrogens is 2. The van der Waals surface area contributed by atoms with E-state index < -0.39 is 6.09 Å². The van der Waals surface area contributed by atoms with E-state index in [-0.39, 0.29) is 11.2 Å². The number of fused-ring (bicyclic) bond motifs is 3. The lowest BCUT2D eigenvalue weighted by atomic mass is 9.98. The van der Waals surface area contributed by atoms with Gasteiger partial charge in [-0.1, -0.05) is 60.7 Å². The lowest BCUT2D eigenvalue weighted by Gasteiger charge is -2.14. The van der Waals surface area contributed by atoms with Gasteiger partial charge in [0, 0.05) is 29.9 Å². The van der Waals surface area contributed by atoms with E-state index in [1.54, 1.807) is 6.20 Å². The van der Waals surface area contributed by atoms with Crippen LogP contribution < -0.4 is 5.32 Å². The number of hydrogen-bond acceptors (Lipinski definition) is 4. The van der Waals surface area contributed by atoms with Gasteiger partial charge in [0.05, 0.1) is 0 Å². The second kappa shape index (κ2) is 8.45. The van der Waals surface area contributed by atoms with E-state index in [1.807, 2.05) is 43.3 Å². The molecule has 0 atom stereocenters. The van der Waals surface area contributed by atoms with Crippen LogP contribution in [-0.2, 0) is 4.74 Å². The number of hydrogen-bond donors (Lipinski definition) is 1. The fraction of sp³-hybridized carbons (Fsp3) is 0.174. The summed E-state index contributed by atoms with van der Waals surface area (Å²) < 4.78 is 5.51. The Kier molecular flexibility index (Phi) is 5.58. The molecule has 0 aliphatic heterocycles. The third kappa shape index (κ3) is 4.15. The highest BCUT2D eigenvalue weighted by Gasteiger charge is 2.28. The molecule has 0 saturated carbocycles. The van der Waals surface area contributed by atoms with Gasteiger partial charge in [0.25, 0.3) is 0 Å². The van der Waals surface area contributed by atoms with Crippen molar-refractivity contribution in [2.75, 3.05) is 13.2 Å². The molecule has 0 saturated heterocycles. The summed E-state index contributed by atoms with van der Waals surface area (Å²) in [6.07, 6.45) is 4.87. The minimum atomic E-state index is -0.444. The quantitative estimate of drug-likeness (QED) is 0.607. The van der Waals surface area contributed by atoms with Crippen molar-refractivity contribution < 1.29 is 9.53 Å². The van der Waals surface area contributed by atoms with Crippen LogP contribution in [0, 0.1) is 6.92 Å². The normalized spacial score (nSPS) is 12.6. The van der Waals surface area contributed by atoms with Gasteiger partial charge in [-0.25, -0.2) is 14.8 Å². The Labute approximate surface area is 174 Å². The topological polar surface area (TPSA) is 64.1 Å². The van der Waals surface area contributed by atoms with Crippen LogP contribution >= 0.6 is 11.6 Å². The fourth-order valence-electron chi connectivity index (χ4n) is 3.59. The number of aryl methyl sites for hydroxylation is 1. The number of halogens is 1. The van der Waals surface area contributed by atoms with Crippen LogP contribution in [0.1, 0.15) is 28.3 Å². The summed E-state index contributed by atoms with van der Waals surface area (Å²) in [7, 11) is 0. The van der Waals surface area contributed by atoms with Crippen molar-refractivity contribution in [1.82, 2.24) is 15.3 Å². The maximum atomic E-state index is 12.1. The second-order valence-corrected chi connectivity index (χ2v) is 7.13. The number of amides is 1. The molecule has 0 radical (unpaired) electrons. The fourth-order valence-corrected chi connectivity index (χ4v) is 3.76. The van der Waals surface area contributed by atoms with Gasteiger partial charge in [-0.2, -0.15) is 0 Å². The number of benzene rings is 2. The van der Waals surface area contributed by atoms with Crippen LogP contribution in [0.3, 0.4) is 0 Å². The zero-order valence-corrected chi connectivity index (χ0v) is 16.7. The number of alkyl carbamates (subject to hydrolysis) is 1. The van der Waals surface area contributed by atoms with Crippen molar-refractivity contribution in [3.05, 3.63) is 88.5 Å². The van der Waals surface area contributed by atoms with Gasteiger partial charge >= 0.3 is 6.09 Å². The molecule has 146 valence electrons. The lowest BCUT2D eigenvalue weighted by molar-refractivity contribution is 0.144. The zero-order chi connectivity index (χ0) is 20.2. The standard InChI is InChI=1S/C23H20ClN3O2/c1-15-16(13-26-22(24)27-15)7-6-12-25-23(28)29-14-21-19-10-4-2-8-17(19)18-9-3-5-11-20(18)21/h2-11,13,21H,12,14H2,1H3,(H,25,28). The number of rotatable bonds is 5. The molecule has 29 heavy (non-hydrogen) atoms. The van der Waals surface area contributed by atoms with Crippen molar-refractivity contribution >= 4 is 23.8 Å². The van der Waals surface area contributed by atoms with Gasteiger partial charge in [0.2, 0.25) is 5.28 Å². The van der Waals surface area contributed by atoms with E-state index in [0.29, 0.717) is 13.2 Å². The monoisotopic (exact) mass is 405 g/mol. The molecule has 0 unspecified atom stereocenters. The van der Waals surface area contributed by atoms with Gasteiger partial charge in [-0.3, -0.25) is 0 Å². The van der Waals surface area contributed by atoms with Crippen LogP contribution in [0.15, 0.2) is 60.8 Å². The summed E-state index contributed by atoms with van der Waals surface area (Å²) in [5, 5.41) is 2.96. The first-order valence-electron chi connectivity index (χ1n) is 9.38. The third-order valence-corrected chi connectivity index (χ3v) is 5.18. The Morgan fingerprint density at radius 3 is 2.45 bits per heavy atom. The predicted octanol–water partition coefficient (Wildman–Crippen LogP) is 4.99.